The lowest BCUT2D eigenvalue weighted by atomic mass is 9.89. The monoisotopic (exact) mass is 608 g/mol. The van der Waals surface area contributed by atoms with Gasteiger partial charge in [0.1, 0.15) is 11.8 Å². The summed E-state index contributed by atoms with van der Waals surface area (Å²) in [4.78, 5) is 57.6. The van der Waals surface area contributed by atoms with Crippen LogP contribution in [0.1, 0.15) is 21.5 Å². The Morgan fingerprint density at radius 2 is 1.40 bits per heavy atom. The molecule has 0 aromatic heterocycles. The lowest BCUT2D eigenvalue weighted by molar-refractivity contribution is -0.139. The minimum atomic E-state index is -1.10. The molecule has 2 amide bonds. The smallest absolute Gasteiger partial charge is 0.335 e. The van der Waals surface area contributed by atoms with Crippen LogP contribution in [0.15, 0.2) is 103 Å². The van der Waals surface area contributed by atoms with E-state index < -0.39 is 41.7 Å². The molecule has 9 heteroatoms. The molecule has 3 aliphatic heterocycles. The molecule has 4 atom stereocenters. The summed E-state index contributed by atoms with van der Waals surface area (Å²) in [6.45, 7) is 0. The van der Waals surface area contributed by atoms with Crippen molar-refractivity contribution in [2.75, 3.05) is 9.80 Å². The summed E-state index contributed by atoms with van der Waals surface area (Å²) >= 11 is 12.5. The van der Waals surface area contributed by atoms with Crippen LogP contribution < -0.4 is 14.5 Å². The highest BCUT2D eigenvalue weighted by Crippen LogP contribution is 2.50. The third kappa shape index (κ3) is 4.44. The van der Waals surface area contributed by atoms with Crippen molar-refractivity contribution >= 4 is 64.2 Å². The first-order valence-corrected chi connectivity index (χ1v) is 14.4. The van der Waals surface area contributed by atoms with E-state index in [9.17, 15) is 19.2 Å². The maximum absolute atomic E-state index is 14.0. The first kappa shape index (κ1) is 27.1. The van der Waals surface area contributed by atoms with Gasteiger partial charge in [-0.15, -0.1) is 0 Å². The number of fused-ring (bicyclic) bond motifs is 5. The Morgan fingerprint density at radius 1 is 0.721 bits per heavy atom. The number of anilines is 2. The number of imide groups is 1. The molecule has 4 aromatic rings. The molecular formula is C34H22Cl2N2O5. The fourth-order valence-corrected chi connectivity index (χ4v) is 6.78. The zero-order chi connectivity index (χ0) is 29.8. The van der Waals surface area contributed by atoms with E-state index in [1.165, 1.54) is 12.1 Å². The molecule has 0 aliphatic carbocycles. The van der Waals surface area contributed by atoms with Crippen molar-refractivity contribution in [3.63, 3.8) is 0 Å². The van der Waals surface area contributed by atoms with Gasteiger partial charge in [0, 0.05) is 21.8 Å². The van der Waals surface area contributed by atoms with Gasteiger partial charge < -0.3 is 9.64 Å². The van der Waals surface area contributed by atoms with E-state index >= 15 is 0 Å². The Bertz CT molecular complexity index is 1840. The average Bonchev–Trinajstić information content (AvgIpc) is 3.50. The molecular weight excluding hydrogens is 587 g/mol. The highest BCUT2D eigenvalue weighted by Gasteiger charge is 2.65. The number of hydrogen-bond donors (Lipinski definition) is 0. The Morgan fingerprint density at radius 3 is 2.14 bits per heavy atom. The van der Waals surface area contributed by atoms with Crippen molar-refractivity contribution in [1.82, 2.24) is 0 Å². The van der Waals surface area contributed by atoms with Crippen LogP contribution in [-0.4, -0.2) is 35.7 Å². The number of nitrogens with zero attached hydrogens (tertiary/aromatic N) is 2. The molecule has 0 N–H and O–H groups in total. The minimum absolute atomic E-state index is 0.153. The van der Waals surface area contributed by atoms with Crippen molar-refractivity contribution in [2.45, 2.75) is 12.1 Å². The SMILES string of the molecule is O=C(c1ccccc1)c1ccc(OC(=O)[C@@H]2[C@@H]3C(=O)N(c4ccc(Cl)cc4Cl)C(=O)[C@H]3[C@@H]3C=Cc4ccccc4N23)cc1. The number of benzene rings is 4. The van der Waals surface area contributed by atoms with E-state index in [0.717, 1.165) is 16.2 Å². The molecule has 2 fully saturated rings. The summed E-state index contributed by atoms with van der Waals surface area (Å²) < 4.78 is 5.83. The number of hydrogen-bond acceptors (Lipinski definition) is 6. The van der Waals surface area contributed by atoms with E-state index in [-0.39, 0.29) is 22.2 Å². The third-order valence-corrected chi connectivity index (χ3v) is 8.72. The van der Waals surface area contributed by atoms with Crippen molar-refractivity contribution in [3.05, 3.63) is 130 Å². The standard InChI is InChI=1S/C34H22Cl2N2O5/c35-22-13-17-26(24(36)18-22)38-32(40)28-27-16-12-19-6-4-5-9-25(19)37(27)30(29(28)33(38)41)34(42)43-23-14-10-21(11-15-23)31(39)20-7-2-1-3-8-20/h1-18,27-30H/t27-,28-,29+,30-/m0/s1. The topological polar surface area (TPSA) is 84.0 Å². The molecule has 0 unspecified atom stereocenters. The lowest BCUT2D eigenvalue weighted by Crippen LogP contribution is -2.50. The number of rotatable bonds is 5. The molecule has 2 saturated heterocycles. The van der Waals surface area contributed by atoms with Gasteiger partial charge in [0.15, 0.2) is 5.78 Å². The lowest BCUT2D eigenvalue weighted by Gasteiger charge is -2.36. The van der Waals surface area contributed by atoms with Crippen LogP contribution in [0.3, 0.4) is 0 Å². The molecule has 0 spiro atoms. The van der Waals surface area contributed by atoms with Crippen LogP contribution in [0.25, 0.3) is 6.08 Å². The summed E-state index contributed by atoms with van der Waals surface area (Å²) in [7, 11) is 0. The number of carbonyl (C=O) groups excluding carboxylic acids is 4. The van der Waals surface area contributed by atoms with E-state index in [2.05, 4.69) is 0 Å². The van der Waals surface area contributed by atoms with Crippen molar-refractivity contribution in [3.8, 4) is 5.75 Å². The number of halogens is 2. The van der Waals surface area contributed by atoms with Crippen LogP contribution in [-0.2, 0) is 14.4 Å². The van der Waals surface area contributed by atoms with Crippen LogP contribution in [0.4, 0.5) is 11.4 Å². The van der Waals surface area contributed by atoms with Gasteiger partial charge >= 0.3 is 5.97 Å². The molecule has 0 saturated carbocycles. The van der Waals surface area contributed by atoms with Crippen molar-refractivity contribution < 1.29 is 23.9 Å². The van der Waals surface area contributed by atoms with E-state index in [1.807, 2.05) is 47.4 Å². The summed E-state index contributed by atoms with van der Waals surface area (Å²) in [6, 6.07) is 25.5. The molecule has 3 aliphatic rings. The fraction of sp³-hybridized carbons (Fsp3) is 0.118. The average molecular weight is 609 g/mol. The molecule has 0 bridgehead atoms. The van der Waals surface area contributed by atoms with E-state index in [1.54, 1.807) is 54.6 Å². The van der Waals surface area contributed by atoms with Gasteiger partial charge in [0.05, 0.1) is 28.6 Å². The van der Waals surface area contributed by atoms with Gasteiger partial charge in [-0.1, -0.05) is 83.9 Å². The predicted molar refractivity (Wildman–Crippen MR) is 163 cm³/mol. The highest BCUT2D eigenvalue weighted by atomic mass is 35.5. The minimum Gasteiger partial charge on any atom is -0.425 e. The number of amides is 2. The fourth-order valence-electron chi connectivity index (χ4n) is 6.29. The predicted octanol–water partition coefficient (Wildman–Crippen LogP) is 6.22. The van der Waals surface area contributed by atoms with Gasteiger partial charge in [0.2, 0.25) is 11.8 Å². The summed E-state index contributed by atoms with van der Waals surface area (Å²) in [5, 5.41) is 0.517. The zero-order valence-corrected chi connectivity index (χ0v) is 23.9. The Hall–Kier alpha value is -4.72. The van der Waals surface area contributed by atoms with Crippen LogP contribution in [0, 0.1) is 11.8 Å². The van der Waals surface area contributed by atoms with Crippen LogP contribution >= 0.6 is 23.2 Å². The zero-order valence-electron chi connectivity index (χ0n) is 22.4. The Kier molecular flexibility index (Phi) is 6.64. The normalized spacial score (nSPS) is 21.8. The second-order valence-corrected chi connectivity index (χ2v) is 11.4. The second kappa shape index (κ2) is 10.5. The number of ketones is 1. The number of carbonyl (C=O) groups is 4. The quantitative estimate of drug-likeness (QED) is 0.116. The molecule has 7 nitrogen and oxygen atoms in total. The van der Waals surface area contributed by atoms with Gasteiger partial charge in [0.25, 0.3) is 0 Å². The Labute approximate surface area is 256 Å². The van der Waals surface area contributed by atoms with Crippen molar-refractivity contribution in [1.29, 1.82) is 0 Å². The summed E-state index contributed by atoms with van der Waals surface area (Å²) in [5.74, 6) is -3.48. The number of esters is 1. The molecule has 7 rings (SSSR count). The molecule has 0 radical (unpaired) electrons. The van der Waals surface area contributed by atoms with Gasteiger partial charge in [-0.2, -0.15) is 0 Å². The number of ether oxygens (including phenoxy) is 1. The maximum Gasteiger partial charge on any atom is 0.335 e. The van der Waals surface area contributed by atoms with E-state index in [0.29, 0.717) is 16.1 Å². The second-order valence-electron chi connectivity index (χ2n) is 10.6. The summed E-state index contributed by atoms with van der Waals surface area (Å²) in [5.41, 5.74) is 2.79. The van der Waals surface area contributed by atoms with Crippen LogP contribution in [0.2, 0.25) is 10.0 Å². The third-order valence-electron chi connectivity index (χ3n) is 8.18. The Balaban J connectivity index is 1.23. The highest BCUT2D eigenvalue weighted by molar-refractivity contribution is 6.38. The first-order valence-electron chi connectivity index (χ1n) is 13.6. The van der Waals surface area contributed by atoms with Crippen LogP contribution in [0.5, 0.6) is 5.75 Å². The molecule has 4 aromatic carbocycles. The molecule has 3 heterocycles. The van der Waals surface area contributed by atoms with E-state index in [4.69, 9.17) is 27.9 Å². The van der Waals surface area contributed by atoms with Gasteiger partial charge in [-0.3, -0.25) is 14.4 Å². The molecule has 212 valence electrons. The maximum atomic E-state index is 14.0. The van der Waals surface area contributed by atoms with Gasteiger partial charge in [-0.25, -0.2) is 9.69 Å². The van der Waals surface area contributed by atoms with Gasteiger partial charge in [-0.05, 0) is 54.1 Å². The number of para-hydroxylation sites is 1. The molecule has 43 heavy (non-hydrogen) atoms. The largest absolute Gasteiger partial charge is 0.425 e. The van der Waals surface area contributed by atoms with Crippen molar-refractivity contribution in [2.24, 2.45) is 11.8 Å². The summed E-state index contributed by atoms with van der Waals surface area (Å²) in [6.07, 6.45) is 3.76. The first-order chi connectivity index (χ1) is 20.8.